The maximum Gasteiger partial charge on any atom is 0.310 e. The van der Waals surface area contributed by atoms with Crippen molar-refractivity contribution in [3.63, 3.8) is 0 Å². The number of primary amides is 1. The van der Waals surface area contributed by atoms with Crippen molar-refractivity contribution >= 4 is 16.1 Å². The number of hydrogen-bond donors (Lipinski definition) is 1. The van der Waals surface area contributed by atoms with Crippen LogP contribution in [0.1, 0.15) is 34.8 Å². The molecule has 0 aliphatic heterocycles. The lowest BCUT2D eigenvalue weighted by atomic mass is 10.1. The Labute approximate surface area is 143 Å². The van der Waals surface area contributed by atoms with Crippen molar-refractivity contribution in [2.45, 2.75) is 24.8 Å². The fraction of sp³-hybridized carbons (Fsp3) is 0.214. The summed E-state index contributed by atoms with van der Waals surface area (Å²) in [6, 6.07) is -0.112. The predicted molar refractivity (Wildman–Crippen MR) is 83.4 cm³/mol. The van der Waals surface area contributed by atoms with Crippen molar-refractivity contribution < 1.29 is 28.6 Å². The first kappa shape index (κ1) is 19.8. The lowest BCUT2D eigenvalue weighted by molar-refractivity contribution is 0.0994. The van der Waals surface area contributed by atoms with Crippen molar-refractivity contribution in [3.8, 4) is 0 Å². The normalized spacial score (nSPS) is 15.8. The van der Waals surface area contributed by atoms with E-state index in [1.807, 2.05) is 0 Å². The van der Waals surface area contributed by atoms with Crippen LogP contribution in [-0.4, -0.2) is 15.5 Å². The Morgan fingerprint density at radius 2 is 1.77 bits per heavy atom. The van der Waals surface area contributed by atoms with Gasteiger partial charge < -0.3 is 5.73 Å². The maximum atomic E-state index is 14.1. The Bertz CT molecular complexity index is 972. The lowest BCUT2D eigenvalue weighted by Gasteiger charge is -2.40. The van der Waals surface area contributed by atoms with Crippen LogP contribution >= 0.6 is 10.2 Å². The number of hydrogen-bond acceptors (Lipinski definition) is 3. The molecule has 0 radical (unpaired) electrons. The van der Waals surface area contributed by atoms with Crippen LogP contribution in [0.25, 0.3) is 0 Å². The molecule has 144 valence electrons. The smallest absolute Gasteiger partial charge is 0.310 e. The van der Waals surface area contributed by atoms with Gasteiger partial charge in [-0.25, -0.2) is 9.37 Å². The second kappa shape index (κ2) is 5.25. The van der Waals surface area contributed by atoms with E-state index in [9.17, 15) is 33.4 Å². The molecule has 1 atom stereocenters. The molecule has 1 heterocycles. The summed E-state index contributed by atoms with van der Waals surface area (Å²) in [5.74, 6) is -2.60. The number of carbonyl (C=O) groups is 1. The largest absolute Gasteiger partial charge is 0.364 e. The Balaban J connectivity index is 2.58. The van der Waals surface area contributed by atoms with E-state index in [1.165, 1.54) is 13.8 Å². The topological polar surface area (TPSA) is 78.0 Å². The van der Waals surface area contributed by atoms with Crippen LogP contribution < -0.4 is 11.3 Å². The monoisotopic (exact) mass is 401 g/mol. The molecule has 2 N–H and O–H groups in total. The van der Waals surface area contributed by atoms with Gasteiger partial charge in [0.25, 0.3) is 11.5 Å². The minimum absolute atomic E-state index is 0.0576. The van der Waals surface area contributed by atoms with Gasteiger partial charge in [0, 0.05) is 11.6 Å². The van der Waals surface area contributed by atoms with Crippen LogP contribution in [0.5, 0.6) is 0 Å². The summed E-state index contributed by atoms with van der Waals surface area (Å²) >= 11 is 0. The van der Waals surface area contributed by atoms with Crippen molar-refractivity contribution in [1.29, 1.82) is 0 Å². The Hall–Kier alpha value is -2.50. The summed E-state index contributed by atoms with van der Waals surface area (Å²) in [6.07, 6.45) is 0. The highest BCUT2D eigenvalue weighted by Crippen LogP contribution is 3.02. The average molecular weight is 401 g/mol. The predicted octanol–water partition coefficient (Wildman–Crippen LogP) is 4.06. The summed E-state index contributed by atoms with van der Waals surface area (Å²) in [5, 5.41) is 0. The first-order chi connectivity index (χ1) is 11.5. The highest BCUT2D eigenvalue weighted by Gasteiger charge is 2.65. The number of halogens is 6. The van der Waals surface area contributed by atoms with Gasteiger partial charge in [-0.2, -0.15) is 0 Å². The Morgan fingerprint density at radius 1 is 1.19 bits per heavy atom. The van der Waals surface area contributed by atoms with Crippen LogP contribution in [0.2, 0.25) is 0 Å². The molecule has 0 aliphatic rings. The third kappa shape index (κ3) is 3.84. The van der Waals surface area contributed by atoms with Gasteiger partial charge >= 0.3 is 10.2 Å². The molecule has 1 aromatic carbocycles. The number of aryl methyl sites for hydroxylation is 1. The molecule has 1 amide bonds. The summed E-state index contributed by atoms with van der Waals surface area (Å²) < 4.78 is 78.8. The zero-order valence-corrected chi connectivity index (χ0v) is 14.2. The molecule has 2 rings (SSSR count). The van der Waals surface area contributed by atoms with E-state index < -0.39 is 44.0 Å². The minimum Gasteiger partial charge on any atom is -0.364 e. The molecule has 0 spiro atoms. The van der Waals surface area contributed by atoms with Gasteiger partial charge in [0.15, 0.2) is 0 Å². The van der Waals surface area contributed by atoms with E-state index >= 15 is 0 Å². The number of amides is 1. The van der Waals surface area contributed by atoms with Gasteiger partial charge in [0.2, 0.25) is 0 Å². The molecule has 12 heteroatoms. The highest BCUT2D eigenvalue weighted by molar-refractivity contribution is 8.45. The summed E-state index contributed by atoms with van der Waals surface area (Å²) in [4.78, 5) is 24.6. The third-order valence-electron chi connectivity index (χ3n) is 3.64. The lowest BCUT2D eigenvalue weighted by Crippen LogP contribution is -2.30. The van der Waals surface area contributed by atoms with E-state index in [0.717, 1.165) is 10.6 Å². The second-order valence-corrected chi connectivity index (χ2v) is 8.00. The molecule has 26 heavy (non-hydrogen) atoms. The van der Waals surface area contributed by atoms with Gasteiger partial charge in [-0.1, -0.05) is 25.5 Å². The quantitative estimate of drug-likeness (QED) is 0.785. The first-order valence-corrected chi connectivity index (χ1v) is 8.90. The second-order valence-electron chi connectivity index (χ2n) is 5.59. The Kier molecular flexibility index (Phi) is 4.00. The fourth-order valence-electron chi connectivity index (χ4n) is 2.43. The number of carbonyl (C=O) groups excluding carboxylic acids is 1. The molecule has 0 bridgehead atoms. The van der Waals surface area contributed by atoms with Gasteiger partial charge in [0.1, 0.15) is 22.2 Å². The molecule has 0 saturated heterocycles. The SMILES string of the molecule is Cc1nc(C(N)=O)cc(=O)n1[C@@H](C)c1ccc(S(F)(F)(F)(F)F)cc1F. The molecule has 0 saturated carbocycles. The number of nitrogens with zero attached hydrogens (tertiary/aromatic N) is 2. The van der Waals surface area contributed by atoms with Gasteiger partial charge in [-0.15, -0.1) is 0 Å². The first-order valence-electron chi connectivity index (χ1n) is 6.95. The van der Waals surface area contributed by atoms with E-state index in [1.54, 1.807) is 0 Å². The Morgan fingerprint density at radius 3 is 2.19 bits per heavy atom. The summed E-state index contributed by atoms with van der Waals surface area (Å²) in [7, 11) is -10.0. The number of aromatic nitrogens is 2. The third-order valence-corrected chi connectivity index (χ3v) is 4.78. The minimum atomic E-state index is -10.0. The van der Waals surface area contributed by atoms with Gasteiger partial charge in [-0.05, 0) is 26.0 Å². The fourth-order valence-corrected chi connectivity index (χ4v) is 3.08. The number of rotatable bonds is 4. The molecular formula is C14H13F6N3O2S. The van der Waals surface area contributed by atoms with E-state index in [2.05, 4.69) is 4.98 Å². The molecule has 0 unspecified atom stereocenters. The van der Waals surface area contributed by atoms with Crippen LogP contribution in [0.15, 0.2) is 34.0 Å². The average Bonchev–Trinajstić information content (AvgIpc) is 2.43. The highest BCUT2D eigenvalue weighted by atomic mass is 32.5. The van der Waals surface area contributed by atoms with Gasteiger partial charge in [0.05, 0.1) is 6.04 Å². The van der Waals surface area contributed by atoms with Crippen molar-refractivity contribution in [1.82, 2.24) is 9.55 Å². The van der Waals surface area contributed by atoms with Crippen LogP contribution in [0.4, 0.5) is 23.8 Å². The standard InChI is InChI=1S/C14H13F6N3O2S/c1-7(23-8(2)22-12(14(21)25)6-13(23)24)10-4-3-9(5-11(10)15)26(16,17,18,19)20/h3-7H,1-2H3,(H2,21,25)/t7-/m0/s1. The van der Waals surface area contributed by atoms with Crippen LogP contribution in [0.3, 0.4) is 0 Å². The number of nitrogens with two attached hydrogens (primary N) is 1. The summed E-state index contributed by atoms with van der Waals surface area (Å²) in [5.41, 5.74) is 3.43. The molecular weight excluding hydrogens is 388 g/mol. The zero-order chi connectivity index (χ0) is 20.1. The van der Waals surface area contributed by atoms with Crippen LogP contribution in [0, 0.1) is 12.7 Å². The van der Waals surface area contributed by atoms with E-state index in [0.29, 0.717) is 6.07 Å². The molecule has 0 aliphatic carbocycles. The van der Waals surface area contributed by atoms with E-state index in [-0.39, 0.29) is 23.7 Å². The van der Waals surface area contributed by atoms with Crippen LogP contribution in [-0.2, 0) is 0 Å². The van der Waals surface area contributed by atoms with E-state index in [4.69, 9.17) is 5.73 Å². The maximum absolute atomic E-state index is 14.1. The van der Waals surface area contributed by atoms with Crippen molar-refractivity contribution in [2.75, 3.05) is 0 Å². The molecule has 0 fully saturated rings. The molecule has 2 aromatic rings. The van der Waals surface area contributed by atoms with Crippen molar-refractivity contribution in [3.05, 3.63) is 57.5 Å². The number of benzene rings is 1. The summed E-state index contributed by atoms with van der Waals surface area (Å²) in [6.45, 7) is 2.56. The van der Waals surface area contributed by atoms with Gasteiger partial charge in [-0.3, -0.25) is 14.2 Å². The zero-order valence-electron chi connectivity index (χ0n) is 13.4. The molecule has 1 aromatic heterocycles. The van der Waals surface area contributed by atoms with Crippen molar-refractivity contribution in [2.24, 2.45) is 5.73 Å². The molecule has 5 nitrogen and oxygen atoms in total.